The molecule has 1 aromatic rings. The SMILES string of the molecule is O=C(O)CCc1cccc(C2CCC2)c1. The highest BCUT2D eigenvalue weighted by molar-refractivity contribution is 5.67. The first-order valence-corrected chi connectivity index (χ1v) is 5.56. The second kappa shape index (κ2) is 4.47. The predicted octanol–water partition coefficient (Wildman–Crippen LogP) is 2.97. The molecule has 2 nitrogen and oxygen atoms in total. The molecule has 1 aliphatic rings. The molecule has 0 amide bonds. The Morgan fingerprint density at radius 2 is 2.20 bits per heavy atom. The Morgan fingerprint density at radius 3 is 2.80 bits per heavy atom. The Kier molecular flexibility index (Phi) is 3.05. The Labute approximate surface area is 89.9 Å². The average molecular weight is 204 g/mol. The molecular weight excluding hydrogens is 188 g/mol. The minimum Gasteiger partial charge on any atom is -0.481 e. The Morgan fingerprint density at radius 1 is 1.40 bits per heavy atom. The maximum Gasteiger partial charge on any atom is 0.303 e. The van der Waals surface area contributed by atoms with Gasteiger partial charge in [0.1, 0.15) is 0 Å². The molecular formula is C13H16O2. The van der Waals surface area contributed by atoms with Crippen LogP contribution < -0.4 is 0 Å². The van der Waals surface area contributed by atoms with Crippen LogP contribution in [0.1, 0.15) is 42.7 Å². The fraction of sp³-hybridized carbons (Fsp3) is 0.462. The predicted molar refractivity (Wildman–Crippen MR) is 59.0 cm³/mol. The van der Waals surface area contributed by atoms with Crippen molar-refractivity contribution in [2.24, 2.45) is 0 Å². The van der Waals surface area contributed by atoms with E-state index in [1.165, 1.54) is 24.8 Å². The summed E-state index contributed by atoms with van der Waals surface area (Å²) >= 11 is 0. The summed E-state index contributed by atoms with van der Waals surface area (Å²) < 4.78 is 0. The van der Waals surface area contributed by atoms with Gasteiger partial charge in [-0.3, -0.25) is 4.79 Å². The van der Waals surface area contributed by atoms with E-state index < -0.39 is 5.97 Å². The molecule has 1 N–H and O–H groups in total. The van der Waals surface area contributed by atoms with Crippen LogP contribution in [-0.2, 0) is 11.2 Å². The molecule has 0 aliphatic heterocycles. The van der Waals surface area contributed by atoms with E-state index in [4.69, 9.17) is 5.11 Å². The highest BCUT2D eigenvalue weighted by Crippen LogP contribution is 2.36. The van der Waals surface area contributed by atoms with Crippen molar-refractivity contribution in [2.75, 3.05) is 0 Å². The molecule has 80 valence electrons. The van der Waals surface area contributed by atoms with Crippen molar-refractivity contribution in [1.29, 1.82) is 0 Å². The molecule has 1 saturated carbocycles. The van der Waals surface area contributed by atoms with Gasteiger partial charge in [-0.25, -0.2) is 0 Å². The molecule has 1 fully saturated rings. The topological polar surface area (TPSA) is 37.3 Å². The number of hydrogen-bond acceptors (Lipinski definition) is 1. The van der Waals surface area contributed by atoms with E-state index in [0.717, 1.165) is 11.5 Å². The summed E-state index contributed by atoms with van der Waals surface area (Å²) in [6.07, 6.45) is 4.80. The minimum atomic E-state index is -0.718. The maximum absolute atomic E-state index is 10.5. The summed E-state index contributed by atoms with van der Waals surface area (Å²) in [6, 6.07) is 8.40. The number of carbonyl (C=O) groups is 1. The molecule has 15 heavy (non-hydrogen) atoms. The van der Waals surface area contributed by atoms with Gasteiger partial charge in [0.25, 0.3) is 0 Å². The highest BCUT2D eigenvalue weighted by Gasteiger charge is 2.19. The number of aliphatic carboxylic acids is 1. The fourth-order valence-corrected chi connectivity index (χ4v) is 2.00. The van der Waals surface area contributed by atoms with Gasteiger partial charge in [0, 0.05) is 6.42 Å². The Hall–Kier alpha value is -1.31. The zero-order chi connectivity index (χ0) is 10.7. The van der Waals surface area contributed by atoms with Gasteiger partial charge in [-0.15, -0.1) is 0 Å². The van der Waals surface area contributed by atoms with Gasteiger partial charge in [0.15, 0.2) is 0 Å². The zero-order valence-corrected chi connectivity index (χ0v) is 8.78. The number of carboxylic acids is 1. The molecule has 1 aliphatic carbocycles. The minimum absolute atomic E-state index is 0.230. The van der Waals surface area contributed by atoms with Crippen LogP contribution in [0.3, 0.4) is 0 Å². The maximum atomic E-state index is 10.5. The second-order valence-electron chi connectivity index (χ2n) is 4.27. The first kappa shape index (κ1) is 10.2. The number of rotatable bonds is 4. The number of aryl methyl sites for hydroxylation is 1. The van der Waals surface area contributed by atoms with Crippen LogP contribution in [0, 0.1) is 0 Å². The van der Waals surface area contributed by atoms with E-state index in [9.17, 15) is 4.79 Å². The van der Waals surface area contributed by atoms with E-state index in [-0.39, 0.29) is 6.42 Å². The van der Waals surface area contributed by atoms with Gasteiger partial charge in [-0.05, 0) is 36.3 Å². The van der Waals surface area contributed by atoms with Crippen molar-refractivity contribution in [3.63, 3.8) is 0 Å². The second-order valence-corrected chi connectivity index (χ2v) is 4.27. The Bertz CT molecular complexity index is 353. The van der Waals surface area contributed by atoms with E-state index in [1.807, 2.05) is 12.1 Å². The quantitative estimate of drug-likeness (QED) is 0.818. The van der Waals surface area contributed by atoms with Gasteiger partial charge in [0.2, 0.25) is 0 Å². The molecule has 0 saturated heterocycles. The lowest BCUT2D eigenvalue weighted by atomic mass is 9.79. The monoisotopic (exact) mass is 204 g/mol. The van der Waals surface area contributed by atoms with E-state index in [1.54, 1.807) is 0 Å². The van der Waals surface area contributed by atoms with Crippen LogP contribution >= 0.6 is 0 Å². The summed E-state index contributed by atoms with van der Waals surface area (Å²) in [6.45, 7) is 0. The standard InChI is InChI=1S/C13H16O2/c14-13(15)8-7-10-3-1-6-12(9-10)11-4-2-5-11/h1,3,6,9,11H,2,4-5,7-8H2,(H,14,15). The van der Waals surface area contributed by atoms with Crippen LogP contribution in [0.2, 0.25) is 0 Å². The van der Waals surface area contributed by atoms with Crippen LogP contribution in [-0.4, -0.2) is 11.1 Å². The third-order valence-corrected chi connectivity index (χ3v) is 3.16. The average Bonchev–Trinajstić information content (AvgIpc) is 2.13. The lowest BCUT2D eigenvalue weighted by molar-refractivity contribution is -0.136. The van der Waals surface area contributed by atoms with Crippen molar-refractivity contribution in [2.45, 2.75) is 38.0 Å². The van der Waals surface area contributed by atoms with Crippen molar-refractivity contribution in [3.05, 3.63) is 35.4 Å². The molecule has 0 bridgehead atoms. The number of benzene rings is 1. The summed E-state index contributed by atoms with van der Waals surface area (Å²) in [7, 11) is 0. The normalized spacial score (nSPS) is 16.0. The number of carboxylic acid groups (broad SMARTS) is 1. The first-order chi connectivity index (χ1) is 7.25. The van der Waals surface area contributed by atoms with Crippen molar-refractivity contribution >= 4 is 5.97 Å². The summed E-state index contributed by atoms with van der Waals surface area (Å²) in [5.41, 5.74) is 2.55. The lowest BCUT2D eigenvalue weighted by Gasteiger charge is -2.26. The molecule has 0 spiro atoms. The largest absolute Gasteiger partial charge is 0.481 e. The third-order valence-electron chi connectivity index (χ3n) is 3.16. The van der Waals surface area contributed by atoms with Crippen molar-refractivity contribution in [1.82, 2.24) is 0 Å². The zero-order valence-electron chi connectivity index (χ0n) is 8.78. The molecule has 0 aromatic heterocycles. The van der Waals surface area contributed by atoms with Crippen LogP contribution in [0.25, 0.3) is 0 Å². The molecule has 2 rings (SSSR count). The lowest BCUT2D eigenvalue weighted by Crippen LogP contribution is -2.09. The van der Waals surface area contributed by atoms with Gasteiger partial charge in [0.05, 0.1) is 0 Å². The van der Waals surface area contributed by atoms with E-state index in [0.29, 0.717) is 6.42 Å². The van der Waals surface area contributed by atoms with Crippen LogP contribution in [0.15, 0.2) is 24.3 Å². The Balaban J connectivity index is 2.01. The summed E-state index contributed by atoms with van der Waals surface area (Å²) in [5, 5.41) is 8.61. The first-order valence-electron chi connectivity index (χ1n) is 5.56. The number of hydrogen-bond donors (Lipinski definition) is 1. The smallest absolute Gasteiger partial charge is 0.303 e. The van der Waals surface area contributed by atoms with Gasteiger partial charge >= 0.3 is 5.97 Å². The van der Waals surface area contributed by atoms with Crippen LogP contribution in [0.4, 0.5) is 0 Å². The van der Waals surface area contributed by atoms with Gasteiger partial charge < -0.3 is 5.11 Å². The van der Waals surface area contributed by atoms with Crippen molar-refractivity contribution in [3.8, 4) is 0 Å². The molecule has 0 atom stereocenters. The van der Waals surface area contributed by atoms with Gasteiger partial charge in [-0.2, -0.15) is 0 Å². The summed E-state index contributed by atoms with van der Waals surface area (Å²) in [5.74, 6) is 0.0128. The fourth-order valence-electron chi connectivity index (χ4n) is 2.00. The molecule has 0 unspecified atom stereocenters. The summed E-state index contributed by atoms with van der Waals surface area (Å²) in [4.78, 5) is 10.5. The molecule has 0 heterocycles. The van der Waals surface area contributed by atoms with Crippen molar-refractivity contribution < 1.29 is 9.90 Å². The van der Waals surface area contributed by atoms with E-state index >= 15 is 0 Å². The molecule has 0 radical (unpaired) electrons. The highest BCUT2D eigenvalue weighted by atomic mass is 16.4. The third kappa shape index (κ3) is 2.58. The van der Waals surface area contributed by atoms with E-state index in [2.05, 4.69) is 12.1 Å². The molecule has 2 heteroatoms. The van der Waals surface area contributed by atoms with Gasteiger partial charge in [-0.1, -0.05) is 30.7 Å². The molecule has 1 aromatic carbocycles. The van der Waals surface area contributed by atoms with Crippen LogP contribution in [0.5, 0.6) is 0 Å².